The number of hydrogen-bond donors (Lipinski definition) is 0. The number of hydrogen-bond acceptors (Lipinski definition) is 4. The van der Waals surface area contributed by atoms with Gasteiger partial charge in [0.15, 0.2) is 0 Å². The molecule has 0 bridgehead atoms. The Morgan fingerprint density at radius 1 is 0.767 bits per heavy atom. The summed E-state index contributed by atoms with van der Waals surface area (Å²) in [7, 11) is 0. The van der Waals surface area contributed by atoms with Crippen LogP contribution in [0, 0.1) is 35.8 Å². The van der Waals surface area contributed by atoms with Gasteiger partial charge in [-0.2, -0.15) is 0 Å². The lowest BCUT2D eigenvalue weighted by Crippen LogP contribution is -2.14. The highest BCUT2D eigenvalue weighted by molar-refractivity contribution is 7.21. The van der Waals surface area contributed by atoms with E-state index in [0.29, 0.717) is 10.4 Å². The predicted molar refractivity (Wildman–Crippen MR) is 125 cm³/mol. The van der Waals surface area contributed by atoms with Crippen molar-refractivity contribution in [2.24, 2.45) is 0 Å². The van der Waals surface area contributed by atoms with E-state index in [1.54, 1.807) is 0 Å². The number of thiophene rings is 2. The average molecular weight is 429 g/mol. The molecule has 0 atom stereocenters. The molecule has 0 aliphatic carbocycles. The maximum absolute atomic E-state index is 9.70. The van der Waals surface area contributed by atoms with E-state index < -0.39 is 0 Å². The fourth-order valence-corrected chi connectivity index (χ4v) is 5.87. The Kier molecular flexibility index (Phi) is 5.22. The lowest BCUT2D eigenvalue weighted by molar-refractivity contribution is 0.604. The third-order valence-corrected chi connectivity index (χ3v) is 8.00. The molecule has 1 aromatic carbocycles. The Bertz CT molecular complexity index is 1280. The standard InChI is InChI=1S/C24H20N4S2/c1-23(2,3)17-9-13-19(15(11-25)27-7)14-10-18(24(4,5)6)30-22(14)20(21(13)29-17)16(12-26)28-8/h9-10H,1-6H3. The van der Waals surface area contributed by atoms with Gasteiger partial charge in [-0.15, -0.1) is 22.7 Å². The molecule has 3 rings (SSSR count). The Labute approximate surface area is 184 Å². The van der Waals surface area contributed by atoms with Crippen LogP contribution in [0.3, 0.4) is 0 Å². The van der Waals surface area contributed by atoms with Crippen molar-refractivity contribution in [3.05, 3.63) is 55.2 Å². The minimum absolute atomic E-state index is 0.0365. The van der Waals surface area contributed by atoms with E-state index in [1.807, 2.05) is 12.1 Å². The van der Waals surface area contributed by atoms with Gasteiger partial charge >= 0.3 is 0 Å². The maximum Gasteiger partial charge on any atom is 0.271 e. The van der Waals surface area contributed by atoms with Crippen molar-refractivity contribution in [2.45, 2.75) is 52.4 Å². The highest BCUT2D eigenvalue weighted by Gasteiger charge is 2.24. The highest BCUT2D eigenvalue weighted by Crippen LogP contribution is 2.37. The van der Waals surface area contributed by atoms with E-state index >= 15 is 0 Å². The first kappa shape index (κ1) is 21.5. The molecule has 30 heavy (non-hydrogen) atoms. The third-order valence-electron chi connectivity index (χ3n) is 4.84. The fourth-order valence-electron chi connectivity index (χ4n) is 3.26. The smallest absolute Gasteiger partial charge is 0.226 e. The van der Waals surface area contributed by atoms with E-state index in [9.17, 15) is 10.5 Å². The average Bonchev–Trinajstić information content (AvgIpc) is 3.29. The van der Waals surface area contributed by atoms with E-state index in [1.165, 1.54) is 22.7 Å². The summed E-state index contributed by atoms with van der Waals surface area (Å²) in [5.41, 5.74) is -0.201. The molecule has 4 nitrogen and oxygen atoms in total. The number of rotatable bonds is 0. The molecule has 0 spiro atoms. The van der Waals surface area contributed by atoms with Crippen molar-refractivity contribution in [2.75, 3.05) is 0 Å². The predicted octanol–water partition coefficient (Wildman–Crippen LogP) is 5.81. The monoisotopic (exact) mass is 428 g/mol. The fraction of sp³-hybridized carbons (Fsp3) is 0.333. The van der Waals surface area contributed by atoms with Gasteiger partial charge in [-0.05, 0) is 33.7 Å². The normalized spacial score (nSPS) is 11.5. The van der Waals surface area contributed by atoms with Crippen molar-refractivity contribution in [1.29, 1.82) is 10.5 Å². The second-order valence-electron chi connectivity index (χ2n) is 9.10. The molecule has 0 fully saturated rings. The zero-order valence-corrected chi connectivity index (χ0v) is 19.4. The lowest BCUT2D eigenvalue weighted by Gasteiger charge is -2.15. The maximum atomic E-state index is 9.70. The summed E-state index contributed by atoms with van der Waals surface area (Å²) in [6, 6.07) is 8.18. The highest BCUT2D eigenvalue weighted by atomic mass is 32.1. The zero-order valence-electron chi connectivity index (χ0n) is 17.8. The first-order valence-corrected chi connectivity index (χ1v) is 10.9. The number of nitrogens with zero attached hydrogens (tertiary/aromatic N) is 4. The number of benzene rings is 1. The van der Waals surface area contributed by atoms with Gasteiger partial charge in [0.05, 0.1) is 25.3 Å². The Balaban J connectivity index is 2.86. The van der Waals surface area contributed by atoms with Crippen LogP contribution in [0.4, 0.5) is 0 Å². The van der Waals surface area contributed by atoms with Crippen LogP contribution in [-0.4, -0.2) is 0 Å². The molecular weight excluding hydrogens is 408 g/mol. The summed E-state index contributed by atoms with van der Waals surface area (Å²) < 4.78 is 1.60. The Hall–Kier alpha value is -3.16. The van der Waals surface area contributed by atoms with Gasteiger partial charge in [-0.1, -0.05) is 41.5 Å². The van der Waals surface area contributed by atoms with Gasteiger partial charge < -0.3 is 0 Å². The van der Waals surface area contributed by atoms with Crippen LogP contribution < -0.4 is 10.4 Å². The SMILES string of the molecule is [C-]#[N+]C(C#N)=c1c2cc(C(C)(C)C)sc2c(=C(C#N)[N+]#[C-])c2sc(C(C)(C)C)cc12. The van der Waals surface area contributed by atoms with E-state index in [4.69, 9.17) is 13.1 Å². The lowest BCUT2D eigenvalue weighted by atomic mass is 9.93. The van der Waals surface area contributed by atoms with Gasteiger partial charge in [-0.3, -0.25) is 0 Å². The zero-order chi connectivity index (χ0) is 22.4. The van der Waals surface area contributed by atoms with Crippen LogP contribution in [0.25, 0.3) is 41.3 Å². The summed E-state index contributed by atoms with van der Waals surface area (Å²) in [5, 5.41) is 22.2. The van der Waals surface area contributed by atoms with Crippen LogP contribution in [-0.2, 0) is 10.8 Å². The molecule has 2 heterocycles. The topological polar surface area (TPSA) is 56.3 Å². The van der Waals surface area contributed by atoms with Crippen LogP contribution in [0.15, 0.2) is 12.1 Å². The molecule has 148 valence electrons. The molecule has 0 N–H and O–H groups in total. The second-order valence-corrected chi connectivity index (χ2v) is 11.2. The Morgan fingerprint density at radius 2 is 1.13 bits per heavy atom. The minimum atomic E-state index is -0.141. The van der Waals surface area contributed by atoms with E-state index in [-0.39, 0.29) is 22.2 Å². The van der Waals surface area contributed by atoms with Crippen molar-refractivity contribution < 1.29 is 0 Å². The molecule has 3 aromatic rings. The summed E-state index contributed by atoms with van der Waals surface area (Å²) >= 11 is 3.08. The van der Waals surface area contributed by atoms with Crippen molar-refractivity contribution in [3.8, 4) is 12.1 Å². The number of nitriles is 2. The van der Waals surface area contributed by atoms with Gasteiger partial charge in [0.25, 0.3) is 11.4 Å². The quantitative estimate of drug-likeness (QED) is 0.424. The van der Waals surface area contributed by atoms with E-state index in [0.717, 1.165) is 29.9 Å². The summed E-state index contributed by atoms with van der Waals surface area (Å²) in [6.07, 6.45) is 0. The molecule has 6 heteroatoms. The van der Waals surface area contributed by atoms with Gasteiger partial charge in [0.2, 0.25) is 0 Å². The van der Waals surface area contributed by atoms with Crippen molar-refractivity contribution >= 4 is 54.2 Å². The van der Waals surface area contributed by atoms with Gasteiger partial charge in [0.1, 0.15) is 0 Å². The molecule has 0 aliphatic heterocycles. The van der Waals surface area contributed by atoms with Crippen LogP contribution >= 0.6 is 22.7 Å². The number of fused-ring (bicyclic) bond motifs is 2. The molecular formula is C24H20N4S2. The molecule has 0 saturated heterocycles. The molecule has 0 amide bonds. The van der Waals surface area contributed by atoms with E-state index in [2.05, 4.69) is 63.4 Å². The third kappa shape index (κ3) is 3.36. The van der Waals surface area contributed by atoms with Gasteiger partial charge in [0, 0.05) is 29.6 Å². The largest absolute Gasteiger partial charge is 0.271 e. The van der Waals surface area contributed by atoms with Crippen LogP contribution in [0.1, 0.15) is 51.3 Å². The molecule has 0 unspecified atom stereocenters. The summed E-state index contributed by atoms with van der Waals surface area (Å²) in [4.78, 5) is 9.20. The van der Waals surface area contributed by atoms with Crippen molar-refractivity contribution in [1.82, 2.24) is 0 Å². The minimum Gasteiger partial charge on any atom is -0.226 e. The first-order chi connectivity index (χ1) is 14.0. The van der Waals surface area contributed by atoms with Crippen molar-refractivity contribution in [3.63, 3.8) is 0 Å². The Morgan fingerprint density at radius 3 is 1.43 bits per heavy atom. The van der Waals surface area contributed by atoms with Crippen LogP contribution in [0.2, 0.25) is 0 Å². The molecule has 0 saturated carbocycles. The summed E-state index contributed by atoms with van der Waals surface area (Å²) in [5.74, 6) is 0. The summed E-state index contributed by atoms with van der Waals surface area (Å²) in [6.45, 7) is 27.8. The van der Waals surface area contributed by atoms with Gasteiger partial charge in [-0.25, -0.2) is 20.2 Å². The molecule has 0 aliphatic rings. The first-order valence-electron chi connectivity index (χ1n) is 9.31. The van der Waals surface area contributed by atoms with Crippen LogP contribution in [0.5, 0.6) is 0 Å². The second kappa shape index (κ2) is 7.27. The molecule has 0 radical (unpaired) electrons. The molecule has 2 aromatic heterocycles.